The van der Waals surface area contributed by atoms with E-state index < -0.39 is 0 Å². The first-order chi connectivity index (χ1) is 10.2. The van der Waals surface area contributed by atoms with Gasteiger partial charge in [-0.1, -0.05) is 24.3 Å². The van der Waals surface area contributed by atoms with Crippen molar-refractivity contribution in [2.45, 2.75) is 25.8 Å². The molecule has 2 N–H and O–H groups in total. The van der Waals surface area contributed by atoms with Gasteiger partial charge in [-0.25, -0.2) is 5.10 Å². The van der Waals surface area contributed by atoms with Gasteiger partial charge in [-0.2, -0.15) is 5.10 Å². The third-order valence-electron chi connectivity index (χ3n) is 3.90. The lowest BCUT2D eigenvalue weighted by molar-refractivity contribution is -0.125. The highest BCUT2D eigenvalue weighted by molar-refractivity contribution is 5.79. The Kier molecular flexibility index (Phi) is 3.81. The Labute approximate surface area is 122 Å². The molecule has 0 saturated carbocycles. The van der Waals surface area contributed by atoms with Crippen LogP contribution in [0.25, 0.3) is 0 Å². The van der Waals surface area contributed by atoms with E-state index in [4.69, 9.17) is 0 Å². The van der Waals surface area contributed by atoms with Crippen LogP contribution in [0.1, 0.15) is 23.2 Å². The van der Waals surface area contributed by atoms with E-state index in [9.17, 15) is 9.59 Å². The van der Waals surface area contributed by atoms with Crippen LogP contribution in [-0.2, 0) is 24.2 Å². The molecule has 21 heavy (non-hydrogen) atoms. The number of carbonyl (C=O) groups excluding carboxylic acids is 1. The number of nitrogens with zero attached hydrogens (tertiary/aromatic N) is 1. The van der Waals surface area contributed by atoms with E-state index in [1.807, 2.05) is 12.1 Å². The molecule has 5 nitrogen and oxygen atoms in total. The average molecular weight is 283 g/mol. The maximum atomic E-state index is 12.2. The van der Waals surface area contributed by atoms with E-state index in [-0.39, 0.29) is 17.4 Å². The monoisotopic (exact) mass is 283 g/mol. The summed E-state index contributed by atoms with van der Waals surface area (Å²) >= 11 is 0. The van der Waals surface area contributed by atoms with Crippen LogP contribution in [0.2, 0.25) is 0 Å². The molecule has 1 aliphatic carbocycles. The van der Waals surface area contributed by atoms with Crippen LogP contribution in [-0.4, -0.2) is 16.1 Å². The highest BCUT2D eigenvalue weighted by Gasteiger charge is 2.24. The second kappa shape index (κ2) is 5.91. The Balaban J connectivity index is 1.59. The van der Waals surface area contributed by atoms with Gasteiger partial charge in [0.15, 0.2) is 0 Å². The first-order valence-corrected chi connectivity index (χ1v) is 7.11. The number of rotatable bonds is 3. The van der Waals surface area contributed by atoms with Crippen LogP contribution in [0.5, 0.6) is 0 Å². The summed E-state index contributed by atoms with van der Waals surface area (Å²) in [7, 11) is 0. The number of aryl methyl sites for hydroxylation is 1. The summed E-state index contributed by atoms with van der Waals surface area (Å²) in [5.41, 5.74) is 3.03. The van der Waals surface area contributed by atoms with Gasteiger partial charge in [-0.05, 0) is 36.5 Å². The zero-order chi connectivity index (χ0) is 14.7. The zero-order valence-electron chi connectivity index (χ0n) is 11.6. The average Bonchev–Trinajstić information content (AvgIpc) is 2.53. The van der Waals surface area contributed by atoms with Crippen molar-refractivity contribution in [3.8, 4) is 0 Å². The van der Waals surface area contributed by atoms with Gasteiger partial charge in [0.25, 0.3) is 5.56 Å². The molecule has 1 aliphatic rings. The molecule has 1 atom stereocenters. The van der Waals surface area contributed by atoms with Crippen LogP contribution in [0, 0.1) is 5.92 Å². The molecule has 108 valence electrons. The number of aromatic nitrogens is 2. The minimum absolute atomic E-state index is 0.0164. The molecule has 0 radical (unpaired) electrons. The maximum Gasteiger partial charge on any atom is 0.264 e. The predicted octanol–water partition coefficient (Wildman–Crippen LogP) is 1.19. The molecule has 3 rings (SSSR count). The molecule has 2 aromatic rings. The summed E-state index contributed by atoms with van der Waals surface area (Å²) < 4.78 is 0. The van der Waals surface area contributed by atoms with Crippen molar-refractivity contribution in [1.82, 2.24) is 15.5 Å². The molecule has 1 heterocycles. The van der Waals surface area contributed by atoms with Gasteiger partial charge in [-0.15, -0.1) is 0 Å². The number of H-pyrrole nitrogens is 1. The van der Waals surface area contributed by atoms with Gasteiger partial charge < -0.3 is 5.32 Å². The molecule has 1 unspecified atom stereocenters. The lowest BCUT2D eigenvalue weighted by atomic mass is 9.83. The third-order valence-corrected chi connectivity index (χ3v) is 3.90. The number of aromatic amines is 1. The molecule has 0 aliphatic heterocycles. The molecule has 0 fully saturated rings. The van der Waals surface area contributed by atoms with Crippen molar-refractivity contribution in [3.05, 3.63) is 63.6 Å². The van der Waals surface area contributed by atoms with Gasteiger partial charge in [0, 0.05) is 12.0 Å². The first kappa shape index (κ1) is 13.5. The van der Waals surface area contributed by atoms with E-state index in [0.717, 1.165) is 19.3 Å². The predicted molar refractivity (Wildman–Crippen MR) is 78.7 cm³/mol. The van der Waals surface area contributed by atoms with E-state index >= 15 is 0 Å². The van der Waals surface area contributed by atoms with Gasteiger partial charge in [0.1, 0.15) is 0 Å². The standard InChI is InChI=1S/C16H17N3O2/c20-15-8-7-14(18-19-15)10-17-16(21)13-6-5-11-3-1-2-4-12(11)9-13/h1-4,7-8,13H,5-6,9-10H2,(H,17,21)(H,19,20). The third kappa shape index (κ3) is 3.18. The number of fused-ring (bicyclic) bond motifs is 1. The molecular weight excluding hydrogens is 266 g/mol. The van der Waals surface area contributed by atoms with Crippen molar-refractivity contribution in [3.63, 3.8) is 0 Å². The fraction of sp³-hybridized carbons (Fsp3) is 0.312. The number of hydrogen-bond acceptors (Lipinski definition) is 3. The van der Waals surface area contributed by atoms with Crippen LogP contribution in [0.4, 0.5) is 0 Å². The SMILES string of the molecule is O=C(NCc1ccc(=O)[nH]n1)C1CCc2ccccc2C1. The van der Waals surface area contributed by atoms with Crippen LogP contribution in [0.3, 0.4) is 0 Å². The molecule has 0 spiro atoms. The molecule has 1 aromatic carbocycles. The van der Waals surface area contributed by atoms with E-state index in [1.54, 1.807) is 6.07 Å². The Morgan fingerprint density at radius 3 is 2.81 bits per heavy atom. The molecule has 0 bridgehead atoms. The summed E-state index contributed by atoms with van der Waals surface area (Å²) in [5, 5.41) is 9.13. The Morgan fingerprint density at radius 2 is 2.05 bits per heavy atom. The maximum absolute atomic E-state index is 12.2. The number of hydrogen-bond donors (Lipinski definition) is 2. The summed E-state index contributed by atoms with van der Waals surface area (Å²) in [6.07, 6.45) is 2.62. The van der Waals surface area contributed by atoms with Crippen molar-refractivity contribution in [2.24, 2.45) is 5.92 Å². The first-order valence-electron chi connectivity index (χ1n) is 7.11. The lowest BCUT2D eigenvalue weighted by Crippen LogP contribution is -2.34. The summed E-state index contributed by atoms with van der Waals surface area (Å²) in [6.45, 7) is 0.341. The summed E-state index contributed by atoms with van der Waals surface area (Å²) in [5.74, 6) is 0.0696. The van der Waals surface area contributed by atoms with E-state index in [2.05, 4.69) is 27.6 Å². The Morgan fingerprint density at radius 1 is 1.24 bits per heavy atom. The number of benzene rings is 1. The highest BCUT2D eigenvalue weighted by atomic mass is 16.2. The molecule has 0 saturated heterocycles. The van der Waals surface area contributed by atoms with Gasteiger partial charge in [-0.3, -0.25) is 9.59 Å². The number of nitrogens with one attached hydrogen (secondary N) is 2. The van der Waals surface area contributed by atoms with E-state index in [1.165, 1.54) is 17.2 Å². The lowest BCUT2D eigenvalue weighted by Gasteiger charge is -2.23. The molecule has 1 aromatic heterocycles. The second-order valence-corrected chi connectivity index (χ2v) is 5.34. The normalized spacial score (nSPS) is 17.0. The van der Waals surface area contributed by atoms with Crippen LogP contribution >= 0.6 is 0 Å². The molecule has 5 heteroatoms. The zero-order valence-corrected chi connectivity index (χ0v) is 11.6. The number of amides is 1. The summed E-state index contributed by atoms with van der Waals surface area (Å²) in [6, 6.07) is 11.3. The molecule has 1 amide bonds. The minimum Gasteiger partial charge on any atom is -0.350 e. The topological polar surface area (TPSA) is 74.8 Å². The van der Waals surface area contributed by atoms with Crippen molar-refractivity contribution in [1.29, 1.82) is 0 Å². The van der Waals surface area contributed by atoms with Crippen molar-refractivity contribution < 1.29 is 4.79 Å². The second-order valence-electron chi connectivity index (χ2n) is 5.34. The van der Waals surface area contributed by atoms with Gasteiger partial charge in [0.05, 0.1) is 12.2 Å². The Bertz CT molecular complexity index is 688. The summed E-state index contributed by atoms with van der Waals surface area (Å²) in [4.78, 5) is 23.2. The fourth-order valence-electron chi connectivity index (χ4n) is 2.72. The highest BCUT2D eigenvalue weighted by Crippen LogP contribution is 2.25. The largest absolute Gasteiger partial charge is 0.350 e. The Hall–Kier alpha value is -2.43. The van der Waals surface area contributed by atoms with Crippen LogP contribution < -0.4 is 10.9 Å². The number of carbonyl (C=O) groups is 1. The smallest absolute Gasteiger partial charge is 0.264 e. The minimum atomic E-state index is -0.242. The van der Waals surface area contributed by atoms with Gasteiger partial charge in [0.2, 0.25) is 5.91 Å². The van der Waals surface area contributed by atoms with Crippen molar-refractivity contribution in [2.75, 3.05) is 0 Å². The fourth-order valence-corrected chi connectivity index (χ4v) is 2.72. The van der Waals surface area contributed by atoms with E-state index in [0.29, 0.717) is 12.2 Å². The van der Waals surface area contributed by atoms with Gasteiger partial charge >= 0.3 is 0 Å². The quantitative estimate of drug-likeness (QED) is 0.888. The van der Waals surface area contributed by atoms with Crippen molar-refractivity contribution >= 4 is 5.91 Å². The molecular formula is C16H17N3O2. The van der Waals surface area contributed by atoms with Crippen LogP contribution in [0.15, 0.2) is 41.2 Å².